The molecular formula is C28H34O6. The van der Waals surface area contributed by atoms with E-state index in [9.17, 15) is 9.59 Å². The van der Waals surface area contributed by atoms with Crippen molar-refractivity contribution in [1.82, 2.24) is 0 Å². The lowest BCUT2D eigenvalue weighted by Gasteiger charge is -2.29. The summed E-state index contributed by atoms with van der Waals surface area (Å²) in [5.41, 5.74) is 2.06. The molecule has 0 bridgehead atoms. The van der Waals surface area contributed by atoms with Gasteiger partial charge < -0.3 is 18.9 Å². The Morgan fingerprint density at radius 3 is 1.53 bits per heavy atom. The maximum atomic E-state index is 11.6. The smallest absolute Gasteiger partial charge is 0.331 e. The third-order valence-corrected chi connectivity index (χ3v) is 6.62. The van der Waals surface area contributed by atoms with Crippen molar-refractivity contribution in [2.75, 3.05) is 13.2 Å². The molecule has 0 unspecified atom stereocenters. The van der Waals surface area contributed by atoms with Crippen molar-refractivity contribution in [3.8, 4) is 0 Å². The number of hydrogen-bond acceptors (Lipinski definition) is 6. The molecule has 6 nitrogen and oxygen atoms in total. The number of hydrogen-bond donors (Lipinski definition) is 0. The van der Waals surface area contributed by atoms with Crippen LogP contribution in [0.25, 0.3) is 0 Å². The van der Waals surface area contributed by atoms with Gasteiger partial charge in [0.1, 0.15) is 23.7 Å². The van der Waals surface area contributed by atoms with Crippen LogP contribution in [0.5, 0.6) is 0 Å². The molecule has 0 amide bonds. The van der Waals surface area contributed by atoms with Gasteiger partial charge >= 0.3 is 11.9 Å². The Bertz CT molecular complexity index is 885. The number of carbonyl (C=O) groups excluding carboxylic acids is 2. The summed E-state index contributed by atoms with van der Waals surface area (Å²) in [6, 6.07) is 0. The van der Waals surface area contributed by atoms with Gasteiger partial charge in [-0.15, -0.1) is 0 Å². The maximum absolute atomic E-state index is 11.6. The van der Waals surface area contributed by atoms with Crippen molar-refractivity contribution in [2.45, 2.75) is 64.6 Å². The fourth-order valence-electron chi connectivity index (χ4n) is 4.68. The molecule has 0 saturated heterocycles. The van der Waals surface area contributed by atoms with Crippen LogP contribution in [0, 0.1) is 11.8 Å². The molecule has 0 aromatic carbocycles. The molecular weight excluding hydrogens is 432 g/mol. The number of esters is 2. The highest BCUT2D eigenvalue weighted by Gasteiger charge is 2.31. The Morgan fingerprint density at radius 1 is 0.676 bits per heavy atom. The summed E-state index contributed by atoms with van der Waals surface area (Å²) in [7, 11) is 0. The van der Waals surface area contributed by atoms with E-state index in [1.54, 1.807) is 12.2 Å². The van der Waals surface area contributed by atoms with Crippen molar-refractivity contribution in [1.29, 1.82) is 0 Å². The standard InChI is InChI=1S/C28H34O6/c1-19-15-27(29)33-25-17-21(9-11-23(19)25)31-13-7-5-3-4-6-8-14-32-22-10-12-24-20(2)16-28(30)34-26(24)18-22/h9-12,15-18,23-26H,3-8,13-14H2,1-2H3/t23-,24+,25+,26-. The molecule has 2 aliphatic heterocycles. The lowest BCUT2D eigenvalue weighted by atomic mass is 9.88. The Hall–Kier alpha value is -3.02. The first-order chi connectivity index (χ1) is 16.5. The summed E-state index contributed by atoms with van der Waals surface area (Å²) in [5, 5.41) is 0. The number of unbranched alkanes of at least 4 members (excludes halogenated alkanes) is 5. The summed E-state index contributed by atoms with van der Waals surface area (Å²) in [6.45, 7) is 5.25. The van der Waals surface area contributed by atoms with Gasteiger partial charge in [0.2, 0.25) is 0 Å². The lowest BCUT2D eigenvalue weighted by Crippen LogP contribution is -2.31. The van der Waals surface area contributed by atoms with E-state index in [1.165, 1.54) is 12.8 Å². The van der Waals surface area contributed by atoms with Crippen LogP contribution >= 0.6 is 0 Å². The third-order valence-electron chi connectivity index (χ3n) is 6.62. The van der Waals surface area contributed by atoms with Gasteiger partial charge in [-0.2, -0.15) is 0 Å². The summed E-state index contributed by atoms with van der Waals surface area (Å²) < 4.78 is 22.5. The average Bonchev–Trinajstić information content (AvgIpc) is 2.79. The third kappa shape index (κ3) is 6.31. The molecule has 0 aromatic heterocycles. The minimum absolute atomic E-state index is 0.127. The van der Waals surface area contributed by atoms with Crippen molar-refractivity contribution >= 4 is 11.9 Å². The molecule has 0 fully saturated rings. The van der Waals surface area contributed by atoms with E-state index < -0.39 is 0 Å². The van der Waals surface area contributed by atoms with E-state index in [0.29, 0.717) is 13.2 Å². The van der Waals surface area contributed by atoms with Gasteiger partial charge in [0.05, 0.1) is 13.2 Å². The van der Waals surface area contributed by atoms with E-state index >= 15 is 0 Å². The molecule has 0 aromatic rings. The Kier molecular flexibility index (Phi) is 8.09. The molecule has 2 heterocycles. The predicted molar refractivity (Wildman–Crippen MR) is 128 cm³/mol. The second-order valence-electron chi connectivity index (χ2n) is 9.31. The van der Waals surface area contributed by atoms with Gasteiger partial charge in [-0.25, -0.2) is 9.59 Å². The van der Waals surface area contributed by atoms with E-state index in [2.05, 4.69) is 12.2 Å². The molecule has 6 heteroatoms. The Morgan fingerprint density at radius 2 is 1.09 bits per heavy atom. The number of ether oxygens (including phenoxy) is 4. The highest BCUT2D eigenvalue weighted by Crippen LogP contribution is 2.31. The molecule has 0 spiro atoms. The van der Waals surface area contributed by atoms with Crippen LogP contribution in [-0.2, 0) is 28.5 Å². The van der Waals surface area contributed by atoms with Gasteiger partial charge in [-0.3, -0.25) is 0 Å². The van der Waals surface area contributed by atoms with E-state index in [1.807, 2.05) is 38.2 Å². The topological polar surface area (TPSA) is 71.1 Å². The molecule has 0 radical (unpaired) electrons. The minimum atomic E-state index is -0.280. The highest BCUT2D eigenvalue weighted by atomic mass is 16.6. The summed E-state index contributed by atoms with van der Waals surface area (Å²) in [4.78, 5) is 23.2. The molecule has 4 rings (SSSR count). The molecule has 34 heavy (non-hydrogen) atoms. The van der Waals surface area contributed by atoms with E-state index in [0.717, 1.165) is 48.3 Å². The second kappa shape index (κ2) is 11.4. The van der Waals surface area contributed by atoms with Crippen LogP contribution in [0.1, 0.15) is 52.4 Å². The largest absolute Gasteiger partial charge is 0.494 e. The summed E-state index contributed by atoms with van der Waals surface area (Å²) >= 11 is 0. The zero-order chi connectivity index (χ0) is 23.9. The Labute approximate surface area is 201 Å². The number of allylic oxidation sites excluding steroid dienone is 2. The SMILES string of the molecule is CC1=CC(=O)O[C@H]2C=C(OCCCCCCCCOC3=C[C@H]4OC(=O)C=C(C)[C@@H]4C=C3)C=C[C@H]12. The first-order valence-corrected chi connectivity index (χ1v) is 12.3. The van der Waals surface area contributed by atoms with Crippen molar-refractivity contribution in [3.05, 3.63) is 71.3 Å². The molecule has 4 atom stereocenters. The number of fused-ring (bicyclic) bond motifs is 2. The Balaban J connectivity index is 1.03. The number of carbonyl (C=O) groups is 2. The van der Waals surface area contributed by atoms with E-state index in [4.69, 9.17) is 18.9 Å². The molecule has 0 N–H and O–H groups in total. The van der Waals surface area contributed by atoms with Crippen LogP contribution in [0.15, 0.2) is 71.3 Å². The van der Waals surface area contributed by atoms with Crippen LogP contribution < -0.4 is 0 Å². The number of rotatable bonds is 11. The second-order valence-corrected chi connectivity index (χ2v) is 9.31. The van der Waals surface area contributed by atoms with Gasteiger partial charge in [-0.1, -0.05) is 49.0 Å². The van der Waals surface area contributed by atoms with Crippen LogP contribution in [0.2, 0.25) is 0 Å². The molecule has 182 valence electrons. The molecule has 4 aliphatic rings. The lowest BCUT2D eigenvalue weighted by molar-refractivity contribution is -0.144. The zero-order valence-electron chi connectivity index (χ0n) is 20.0. The van der Waals surface area contributed by atoms with Gasteiger partial charge in [-0.05, 0) is 51.0 Å². The minimum Gasteiger partial charge on any atom is -0.494 e. The highest BCUT2D eigenvalue weighted by molar-refractivity contribution is 5.85. The fourth-order valence-corrected chi connectivity index (χ4v) is 4.68. The van der Waals surface area contributed by atoms with Crippen molar-refractivity contribution < 1.29 is 28.5 Å². The fraction of sp³-hybridized carbons (Fsp3) is 0.500. The maximum Gasteiger partial charge on any atom is 0.331 e. The first kappa shape index (κ1) is 24.1. The van der Waals surface area contributed by atoms with Crippen LogP contribution in [-0.4, -0.2) is 37.4 Å². The van der Waals surface area contributed by atoms with E-state index in [-0.39, 0.29) is 36.0 Å². The van der Waals surface area contributed by atoms with Gasteiger partial charge in [0.25, 0.3) is 0 Å². The predicted octanol–water partition coefficient (Wildman–Crippen LogP) is 5.24. The van der Waals surface area contributed by atoms with Crippen molar-refractivity contribution in [2.24, 2.45) is 11.8 Å². The first-order valence-electron chi connectivity index (χ1n) is 12.3. The summed E-state index contributed by atoms with van der Waals surface area (Å²) in [5.74, 6) is 1.26. The van der Waals surface area contributed by atoms with Crippen molar-refractivity contribution in [3.63, 3.8) is 0 Å². The van der Waals surface area contributed by atoms with Crippen LogP contribution in [0.4, 0.5) is 0 Å². The van der Waals surface area contributed by atoms with Crippen LogP contribution in [0.3, 0.4) is 0 Å². The normalized spacial score (nSPS) is 27.4. The van der Waals surface area contributed by atoms with Gasteiger partial charge in [0, 0.05) is 24.0 Å². The molecule has 2 aliphatic carbocycles. The van der Waals surface area contributed by atoms with Gasteiger partial charge in [0.15, 0.2) is 0 Å². The molecule has 0 saturated carbocycles. The average molecular weight is 467 g/mol. The quantitative estimate of drug-likeness (QED) is 0.306. The monoisotopic (exact) mass is 466 g/mol. The summed E-state index contributed by atoms with van der Waals surface area (Å²) in [6.07, 6.45) is 21.1. The zero-order valence-corrected chi connectivity index (χ0v) is 20.0.